The number of hydrogen-bond donors (Lipinski definition) is 0. The highest BCUT2D eigenvalue weighted by Gasteiger charge is 2.20. The Kier molecular flexibility index (Phi) is 10.1. The van der Waals surface area contributed by atoms with Gasteiger partial charge in [0.25, 0.3) is 0 Å². The molecule has 2 rings (SSSR count). The number of benzene rings is 2. The fourth-order valence-electron chi connectivity index (χ4n) is 3.37. The Labute approximate surface area is 175 Å². The molecule has 0 aliphatic rings. The number of rotatable bonds is 13. The third kappa shape index (κ3) is 7.80. The largest absolute Gasteiger partial charge is 0.493 e. The van der Waals surface area contributed by atoms with Crippen molar-refractivity contribution >= 4 is 5.97 Å². The van der Waals surface area contributed by atoms with Gasteiger partial charge in [-0.05, 0) is 43.0 Å². The summed E-state index contributed by atoms with van der Waals surface area (Å²) in [6, 6.07) is 16.2. The number of carbonyl (C=O) groups is 1. The Morgan fingerprint density at radius 2 is 1.76 bits per heavy atom. The van der Waals surface area contributed by atoms with E-state index in [1.165, 1.54) is 5.56 Å². The molecule has 0 aliphatic heterocycles. The summed E-state index contributed by atoms with van der Waals surface area (Å²) in [6.45, 7) is 5.01. The van der Waals surface area contributed by atoms with E-state index in [2.05, 4.69) is 19.1 Å². The second-order valence-electron chi connectivity index (χ2n) is 7.22. The minimum atomic E-state index is -0.118. The third-order valence-electron chi connectivity index (χ3n) is 4.98. The first-order valence-electron chi connectivity index (χ1n) is 10.7. The van der Waals surface area contributed by atoms with Crippen LogP contribution in [0.15, 0.2) is 48.5 Å². The molecule has 0 heterocycles. The van der Waals surface area contributed by atoms with Crippen molar-refractivity contribution in [2.24, 2.45) is 5.92 Å². The normalized spacial score (nSPS) is 11.7. The topological polar surface area (TPSA) is 44.8 Å². The first kappa shape index (κ1) is 22.8. The van der Waals surface area contributed by atoms with Crippen LogP contribution in [0.4, 0.5) is 0 Å². The average Bonchev–Trinajstić information content (AvgIpc) is 2.74. The highest BCUT2D eigenvalue weighted by molar-refractivity contribution is 5.72. The van der Waals surface area contributed by atoms with E-state index in [0.717, 1.165) is 43.4 Å². The highest BCUT2D eigenvalue weighted by atomic mass is 16.5. The maximum absolute atomic E-state index is 12.4. The predicted octanol–water partition coefficient (Wildman–Crippen LogP) is 5.62. The zero-order chi connectivity index (χ0) is 20.9. The van der Waals surface area contributed by atoms with Crippen molar-refractivity contribution < 1.29 is 19.0 Å². The van der Waals surface area contributed by atoms with E-state index >= 15 is 0 Å². The van der Waals surface area contributed by atoms with Gasteiger partial charge in [0.1, 0.15) is 0 Å². The van der Waals surface area contributed by atoms with Gasteiger partial charge in [-0.25, -0.2) is 0 Å². The summed E-state index contributed by atoms with van der Waals surface area (Å²) in [6.07, 6.45) is 5.64. The molecule has 0 saturated carbocycles. The fraction of sp³-hybridized carbons (Fsp3) is 0.480. The molecular formula is C25H34O4. The summed E-state index contributed by atoms with van der Waals surface area (Å²) in [4.78, 5) is 12.4. The number of ether oxygens (including phenoxy) is 3. The SMILES string of the molecule is CCCCCC(Cc1ccc(OC)c(OCCc2ccccc2)c1)C(=O)OCC. The smallest absolute Gasteiger partial charge is 0.309 e. The molecule has 2 aromatic carbocycles. The second-order valence-corrected chi connectivity index (χ2v) is 7.22. The number of unbranched alkanes of at least 4 members (excludes halogenated alkanes) is 2. The Morgan fingerprint density at radius 1 is 0.966 bits per heavy atom. The third-order valence-corrected chi connectivity index (χ3v) is 4.98. The van der Waals surface area contributed by atoms with Crippen LogP contribution in [0.5, 0.6) is 11.5 Å². The summed E-state index contributed by atoms with van der Waals surface area (Å²) >= 11 is 0. The summed E-state index contributed by atoms with van der Waals surface area (Å²) in [7, 11) is 1.64. The van der Waals surface area contributed by atoms with E-state index in [0.29, 0.717) is 25.4 Å². The molecule has 0 amide bonds. The molecule has 2 aromatic rings. The van der Waals surface area contributed by atoms with E-state index in [1.54, 1.807) is 7.11 Å². The lowest BCUT2D eigenvalue weighted by Crippen LogP contribution is -2.20. The van der Waals surface area contributed by atoms with Gasteiger partial charge in [-0.2, -0.15) is 0 Å². The standard InChI is InChI=1S/C25H34O4/c1-4-6-8-13-22(25(26)28-5-2)18-21-14-15-23(27-3)24(19-21)29-17-16-20-11-9-7-10-12-20/h7,9-12,14-15,19,22H,4-6,8,13,16-18H2,1-3H3. The fourth-order valence-corrected chi connectivity index (χ4v) is 3.37. The van der Waals surface area contributed by atoms with Crippen LogP contribution in [0.2, 0.25) is 0 Å². The van der Waals surface area contributed by atoms with Crippen molar-refractivity contribution in [3.05, 3.63) is 59.7 Å². The molecule has 0 saturated heterocycles. The first-order valence-corrected chi connectivity index (χ1v) is 10.7. The Hall–Kier alpha value is -2.49. The number of hydrogen-bond acceptors (Lipinski definition) is 4. The maximum Gasteiger partial charge on any atom is 0.309 e. The van der Waals surface area contributed by atoms with Crippen molar-refractivity contribution in [2.75, 3.05) is 20.3 Å². The Balaban J connectivity index is 2.04. The maximum atomic E-state index is 12.4. The second kappa shape index (κ2) is 12.9. The molecule has 1 atom stereocenters. The van der Waals surface area contributed by atoms with Gasteiger partial charge in [0.05, 0.1) is 26.2 Å². The lowest BCUT2D eigenvalue weighted by molar-refractivity contribution is -0.148. The van der Waals surface area contributed by atoms with E-state index < -0.39 is 0 Å². The average molecular weight is 399 g/mol. The predicted molar refractivity (Wildman–Crippen MR) is 117 cm³/mol. The van der Waals surface area contributed by atoms with Crippen LogP contribution in [0.25, 0.3) is 0 Å². The lowest BCUT2D eigenvalue weighted by atomic mass is 9.93. The van der Waals surface area contributed by atoms with Gasteiger partial charge in [-0.1, -0.05) is 62.6 Å². The van der Waals surface area contributed by atoms with Crippen LogP contribution < -0.4 is 9.47 Å². The number of methoxy groups -OCH3 is 1. The van der Waals surface area contributed by atoms with Crippen LogP contribution in [-0.2, 0) is 22.4 Å². The molecule has 0 bridgehead atoms. The Morgan fingerprint density at radius 3 is 2.45 bits per heavy atom. The van der Waals surface area contributed by atoms with Crippen LogP contribution in [0.3, 0.4) is 0 Å². The summed E-state index contributed by atoms with van der Waals surface area (Å²) in [5.41, 5.74) is 2.30. The van der Waals surface area contributed by atoms with Crippen LogP contribution in [-0.4, -0.2) is 26.3 Å². The lowest BCUT2D eigenvalue weighted by Gasteiger charge is -2.17. The molecule has 0 aromatic heterocycles. The molecular weight excluding hydrogens is 364 g/mol. The van der Waals surface area contributed by atoms with Crippen molar-refractivity contribution in [1.29, 1.82) is 0 Å². The van der Waals surface area contributed by atoms with Gasteiger partial charge in [0, 0.05) is 6.42 Å². The number of carbonyl (C=O) groups excluding carboxylic acids is 1. The van der Waals surface area contributed by atoms with Crippen molar-refractivity contribution in [2.45, 2.75) is 52.4 Å². The van der Waals surface area contributed by atoms with E-state index in [9.17, 15) is 4.79 Å². The summed E-state index contributed by atoms with van der Waals surface area (Å²) in [5, 5.41) is 0. The zero-order valence-corrected chi connectivity index (χ0v) is 18.0. The van der Waals surface area contributed by atoms with Crippen LogP contribution >= 0.6 is 0 Å². The van der Waals surface area contributed by atoms with Gasteiger partial charge < -0.3 is 14.2 Å². The molecule has 158 valence electrons. The van der Waals surface area contributed by atoms with Crippen molar-refractivity contribution in [3.63, 3.8) is 0 Å². The van der Waals surface area contributed by atoms with Crippen molar-refractivity contribution in [1.82, 2.24) is 0 Å². The zero-order valence-electron chi connectivity index (χ0n) is 18.0. The van der Waals surface area contributed by atoms with Gasteiger partial charge in [-0.15, -0.1) is 0 Å². The first-order chi connectivity index (χ1) is 14.2. The van der Waals surface area contributed by atoms with Gasteiger partial charge in [0.2, 0.25) is 0 Å². The number of esters is 1. The van der Waals surface area contributed by atoms with Crippen LogP contribution in [0, 0.1) is 5.92 Å². The highest BCUT2D eigenvalue weighted by Crippen LogP contribution is 2.30. The summed E-state index contributed by atoms with van der Waals surface area (Å²) in [5.74, 6) is 1.20. The van der Waals surface area contributed by atoms with Crippen LogP contribution in [0.1, 0.15) is 50.7 Å². The summed E-state index contributed by atoms with van der Waals surface area (Å²) < 4.78 is 16.8. The molecule has 29 heavy (non-hydrogen) atoms. The molecule has 1 unspecified atom stereocenters. The van der Waals surface area contributed by atoms with Crippen molar-refractivity contribution in [3.8, 4) is 11.5 Å². The van der Waals surface area contributed by atoms with Gasteiger partial charge in [0.15, 0.2) is 11.5 Å². The van der Waals surface area contributed by atoms with E-state index in [4.69, 9.17) is 14.2 Å². The molecule has 4 nitrogen and oxygen atoms in total. The molecule has 0 radical (unpaired) electrons. The monoisotopic (exact) mass is 398 g/mol. The molecule has 0 fully saturated rings. The quantitative estimate of drug-likeness (QED) is 0.324. The van der Waals surface area contributed by atoms with Gasteiger partial charge >= 0.3 is 5.97 Å². The minimum Gasteiger partial charge on any atom is -0.493 e. The molecule has 0 N–H and O–H groups in total. The van der Waals surface area contributed by atoms with E-state index in [-0.39, 0.29) is 11.9 Å². The Bertz CT molecular complexity index is 727. The molecule has 0 aliphatic carbocycles. The minimum absolute atomic E-state index is 0.106. The molecule has 4 heteroatoms. The van der Waals surface area contributed by atoms with Gasteiger partial charge in [-0.3, -0.25) is 4.79 Å². The van der Waals surface area contributed by atoms with E-state index in [1.807, 2.05) is 43.3 Å². The molecule has 0 spiro atoms.